The summed E-state index contributed by atoms with van der Waals surface area (Å²) < 4.78 is 0. The molecule has 0 aliphatic carbocycles. The van der Waals surface area contributed by atoms with Crippen molar-refractivity contribution in [2.24, 2.45) is 0 Å². The van der Waals surface area contributed by atoms with Crippen LogP contribution in [0.1, 0.15) is 23.1 Å². The summed E-state index contributed by atoms with van der Waals surface area (Å²) in [7, 11) is 0. The molecular formula is C21H21N5O2. The van der Waals surface area contributed by atoms with E-state index < -0.39 is 4.92 Å². The van der Waals surface area contributed by atoms with E-state index >= 15 is 0 Å². The number of hydrogen-bond donors (Lipinski definition) is 1. The normalized spacial score (nSPS) is 13.1. The third-order valence-electron chi connectivity index (χ3n) is 5.21. The Bertz CT molecular complexity index is 1050. The Labute approximate surface area is 163 Å². The number of nitro groups is 1. The fourth-order valence-electron chi connectivity index (χ4n) is 3.59. The van der Waals surface area contributed by atoms with E-state index in [-0.39, 0.29) is 11.5 Å². The van der Waals surface area contributed by atoms with Gasteiger partial charge in [-0.2, -0.15) is 0 Å². The molecule has 0 fully saturated rings. The maximum atomic E-state index is 12.0. The first-order valence-electron chi connectivity index (χ1n) is 9.24. The number of aryl methyl sites for hydroxylation is 2. The van der Waals surface area contributed by atoms with Gasteiger partial charge in [0.2, 0.25) is 11.6 Å². The van der Waals surface area contributed by atoms with Crippen molar-refractivity contribution in [1.82, 2.24) is 9.97 Å². The molecule has 28 heavy (non-hydrogen) atoms. The van der Waals surface area contributed by atoms with Crippen molar-refractivity contribution in [3.8, 4) is 0 Å². The molecule has 0 atom stereocenters. The molecule has 0 saturated heterocycles. The molecule has 1 aliphatic rings. The summed E-state index contributed by atoms with van der Waals surface area (Å²) in [4.78, 5) is 22.0. The number of aromatic nitrogens is 2. The van der Waals surface area contributed by atoms with Crippen molar-refractivity contribution in [3.63, 3.8) is 0 Å². The van der Waals surface area contributed by atoms with Crippen LogP contribution in [0.5, 0.6) is 0 Å². The number of nitrogens with zero attached hydrogens (tertiary/aromatic N) is 4. The molecule has 7 nitrogen and oxygen atoms in total. The first-order chi connectivity index (χ1) is 13.6. The van der Waals surface area contributed by atoms with E-state index in [2.05, 4.69) is 21.4 Å². The highest BCUT2D eigenvalue weighted by molar-refractivity contribution is 5.80. The lowest BCUT2D eigenvalue weighted by Gasteiger charge is -2.30. The zero-order chi connectivity index (χ0) is 19.7. The van der Waals surface area contributed by atoms with Gasteiger partial charge in [-0.05, 0) is 55.5 Å². The van der Waals surface area contributed by atoms with Crippen molar-refractivity contribution >= 4 is 28.7 Å². The molecule has 2 heterocycles. The molecule has 0 amide bonds. The fourth-order valence-corrected chi connectivity index (χ4v) is 3.59. The highest BCUT2D eigenvalue weighted by Crippen LogP contribution is 2.40. The number of benzene rings is 2. The largest absolute Gasteiger partial charge is 0.354 e. The van der Waals surface area contributed by atoms with Gasteiger partial charge >= 0.3 is 5.69 Å². The minimum Gasteiger partial charge on any atom is -0.334 e. The lowest BCUT2D eigenvalue weighted by Crippen LogP contribution is -2.26. The molecule has 1 aliphatic heterocycles. The van der Waals surface area contributed by atoms with Crippen molar-refractivity contribution in [1.29, 1.82) is 0 Å². The molecule has 0 saturated carbocycles. The highest BCUT2D eigenvalue weighted by atomic mass is 16.6. The summed E-state index contributed by atoms with van der Waals surface area (Å²) >= 11 is 0. The SMILES string of the molecule is Cc1cccc(Nc2ncnc(N3CCCc4ccccc43)c2[N+](=O)[O-])c1C. The summed E-state index contributed by atoms with van der Waals surface area (Å²) in [6, 6.07) is 13.8. The molecule has 3 aromatic rings. The quantitative estimate of drug-likeness (QED) is 0.519. The summed E-state index contributed by atoms with van der Waals surface area (Å²) in [5.74, 6) is 0.520. The van der Waals surface area contributed by atoms with Gasteiger partial charge in [-0.15, -0.1) is 0 Å². The van der Waals surface area contributed by atoms with E-state index in [1.807, 2.05) is 55.1 Å². The number of para-hydroxylation sites is 1. The zero-order valence-corrected chi connectivity index (χ0v) is 15.8. The van der Waals surface area contributed by atoms with E-state index in [1.165, 1.54) is 11.9 Å². The maximum Gasteiger partial charge on any atom is 0.354 e. The van der Waals surface area contributed by atoms with Gasteiger partial charge in [0, 0.05) is 17.9 Å². The van der Waals surface area contributed by atoms with E-state index in [4.69, 9.17) is 0 Å². The lowest BCUT2D eigenvalue weighted by atomic mass is 10.0. The zero-order valence-electron chi connectivity index (χ0n) is 15.8. The van der Waals surface area contributed by atoms with Crippen molar-refractivity contribution < 1.29 is 4.92 Å². The second-order valence-corrected chi connectivity index (χ2v) is 6.91. The van der Waals surface area contributed by atoms with Gasteiger partial charge in [-0.3, -0.25) is 10.1 Å². The topological polar surface area (TPSA) is 84.2 Å². The molecule has 4 rings (SSSR count). The van der Waals surface area contributed by atoms with E-state index in [9.17, 15) is 10.1 Å². The van der Waals surface area contributed by atoms with Crippen LogP contribution >= 0.6 is 0 Å². The van der Waals surface area contributed by atoms with Crippen LogP contribution in [-0.4, -0.2) is 21.4 Å². The molecule has 7 heteroatoms. The molecule has 0 spiro atoms. The average Bonchev–Trinajstić information content (AvgIpc) is 2.70. The van der Waals surface area contributed by atoms with Crippen LogP contribution in [0.4, 0.5) is 28.7 Å². The minimum atomic E-state index is -0.403. The minimum absolute atomic E-state index is 0.111. The second kappa shape index (κ2) is 7.26. The number of rotatable bonds is 4. The molecule has 1 N–H and O–H groups in total. The van der Waals surface area contributed by atoms with Gasteiger partial charge in [-0.1, -0.05) is 30.3 Å². The van der Waals surface area contributed by atoms with Crippen LogP contribution in [-0.2, 0) is 6.42 Å². The average molecular weight is 375 g/mol. The molecule has 142 valence electrons. The lowest BCUT2D eigenvalue weighted by molar-refractivity contribution is -0.383. The van der Waals surface area contributed by atoms with Gasteiger partial charge in [-0.25, -0.2) is 9.97 Å². The standard InChI is InChI=1S/C21H21N5O2/c1-14-7-5-10-17(15(14)2)24-20-19(26(27)28)21(23-13-22-20)25-12-6-9-16-8-3-4-11-18(16)25/h3-5,7-8,10-11,13H,6,9,12H2,1-2H3,(H,22,23,24). The Kier molecular flexibility index (Phi) is 4.65. The Balaban J connectivity index is 1.81. The van der Waals surface area contributed by atoms with E-state index in [0.29, 0.717) is 12.4 Å². The molecule has 0 radical (unpaired) electrons. The third-order valence-corrected chi connectivity index (χ3v) is 5.21. The Hall–Kier alpha value is -3.48. The van der Waals surface area contributed by atoms with Crippen LogP contribution in [0.2, 0.25) is 0 Å². The number of anilines is 4. The fraction of sp³-hybridized carbons (Fsp3) is 0.238. The molecule has 1 aromatic heterocycles. The van der Waals surface area contributed by atoms with Gasteiger partial charge in [0.1, 0.15) is 6.33 Å². The third kappa shape index (κ3) is 3.15. The number of hydrogen-bond acceptors (Lipinski definition) is 6. The number of nitrogens with one attached hydrogen (secondary N) is 1. The maximum absolute atomic E-state index is 12.0. The number of fused-ring (bicyclic) bond motifs is 1. The Morgan fingerprint density at radius 2 is 1.93 bits per heavy atom. The van der Waals surface area contributed by atoms with E-state index in [0.717, 1.165) is 35.3 Å². The Morgan fingerprint density at radius 1 is 1.11 bits per heavy atom. The molecule has 2 aromatic carbocycles. The van der Waals surface area contributed by atoms with Crippen molar-refractivity contribution in [2.75, 3.05) is 16.8 Å². The summed E-state index contributed by atoms with van der Waals surface area (Å²) in [5.41, 5.74) is 4.96. The smallest absolute Gasteiger partial charge is 0.334 e. The monoisotopic (exact) mass is 375 g/mol. The summed E-state index contributed by atoms with van der Waals surface area (Å²) in [5, 5.41) is 15.1. The van der Waals surface area contributed by atoms with Crippen LogP contribution in [0.15, 0.2) is 48.8 Å². The molecular weight excluding hydrogens is 354 g/mol. The van der Waals surface area contributed by atoms with Crippen LogP contribution in [0.25, 0.3) is 0 Å². The van der Waals surface area contributed by atoms with Gasteiger partial charge < -0.3 is 10.2 Å². The van der Waals surface area contributed by atoms with E-state index in [1.54, 1.807) is 0 Å². The summed E-state index contributed by atoms with van der Waals surface area (Å²) in [6.07, 6.45) is 3.25. The first-order valence-corrected chi connectivity index (χ1v) is 9.24. The summed E-state index contributed by atoms with van der Waals surface area (Å²) in [6.45, 7) is 4.66. The highest BCUT2D eigenvalue weighted by Gasteiger charge is 2.30. The Morgan fingerprint density at radius 3 is 2.75 bits per heavy atom. The first kappa shape index (κ1) is 17.9. The van der Waals surface area contributed by atoms with Gasteiger partial charge in [0.25, 0.3) is 0 Å². The second-order valence-electron chi connectivity index (χ2n) is 6.91. The van der Waals surface area contributed by atoms with Crippen LogP contribution < -0.4 is 10.2 Å². The van der Waals surface area contributed by atoms with Gasteiger partial charge in [0.05, 0.1) is 4.92 Å². The predicted molar refractivity (Wildman–Crippen MR) is 110 cm³/mol. The molecule has 0 bridgehead atoms. The van der Waals surface area contributed by atoms with Crippen LogP contribution in [0, 0.1) is 24.0 Å². The predicted octanol–water partition coefficient (Wildman–Crippen LogP) is 4.83. The van der Waals surface area contributed by atoms with Crippen molar-refractivity contribution in [3.05, 3.63) is 75.6 Å². The molecule has 0 unspecified atom stereocenters. The van der Waals surface area contributed by atoms with Gasteiger partial charge in [0.15, 0.2) is 0 Å². The van der Waals surface area contributed by atoms with Crippen molar-refractivity contribution in [2.45, 2.75) is 26.7 Å². The van der Waals surface area contributed by atoms with Crippen LogP contribution in [0.3, 0.4) is 0 Å².